The monoisotopic (exact) mass is 213 g/mol. The number of aryl methyl sites for hydroxylation is 2. The second-order valence-corrected chi connectivity index (χ2v) is 4.04. The molecule has 1 atom stereocenters. The minimum atomic E-state index is 0.0475. The Morgan fingerprint density at radius 3 is 2.29 bits per heavy atom. The van der Waals surface area contributed by atoms with Crippen LogP contribution in [0.15, 0.2) is 12.1 Å². The number of nitrogens with two attached hydrogens (primary N) is 1. The molecule has 1 aromatic rings. The third-order valence-corrected chi connectivity index (χ3v) is 2.52. The van der Waals surface area contributed by atoms with Crippen LogP contribution in [0.1, 0.15) is 18.1 Å². The minimum absolute atomic E-state index is 0.0475. The van der Waals surface area contributed by atoms with E-state index in [2.05, 4.69) is 0 Å². The lowest BCUT2D eigenvalue weighted by Crippen LogP contribution is -2.23. The van der Waals surface area contributed by atoms with Gasteiger partial charge in [-0.15, -0.1) is 0 Å². The van der Waals surface area contributed by atoms with Gasteiger partial charge in [-0.25, -0.2) is 0 Å². The van der Waals surface area contributed by atoms with Crippen LogP contribution in [0.5, 0.6) is 5.75 Å². The highest BCUT2D eigenvalue weighted by atomic mass is 35.5. The van der Waals surface area contributed by atoms with Crippen LogP contribution in [-0.2, 0) is 0 Å². The first-order valence-corrected chi connectivity index (χ1v) is 5.03. The van der Waals surface area contributed by atoms with Crippen LogP contribution in [0, 0.1) is 13.8 Å². The predicted octanol–water partition coefficient (Wildman–Crippen LogP) is 2.68. The molecular weight excluding hydrogens is 198 g/mol. The van der Waals surface area contributed by atoms with Crippen molar-refractivity contribution < 1.29 is 4.74 Å². The molecule has 1 rings (SSSR count). The molecule has 0 aliphatic heterocycles. The third-order valence-electron chi connectivity index (χ3n) is 1.92. The van der Waals surface area contributed by atoms with Gasteiger partial charge >= 0.3 is 0 Å². The number of ether oxygens (including phenoxy) is 1. The van der Waals surface area contributed by atoms with E-state index in [1.165, 1.54) is 0 Å². The first-order valence-electron chi connectivity index (χ1n) is 4.66. The Morgan fingerprint density at radius 2 is 1.86 bits per heavy atom. The Balaban J connectivity index is 2.79. The number of hydrogen-bond donors (Lipinski definition) is 1. The average Bonchev–Trinajstić information content (AvgIpc) is 2.10. The van der Waals surface area contributed by atoms with E-state index in [4.69, 9.17) is 22.1 Å². The van der Waals surface area contributed by atoms with Gasteiger partial charge < -0.3 is 10.5 Å². The molecule has 0 saturated heterocycles. The van der Waals surface area contributed by atoms with E-state index in [0.29, 0.717) is 6.61 Å². The molecule has 0 bridgehead atoms. The Labute approximate surface area is 90.0 Å². The van der Waals surface area contributed by atoms with Gasteiger partial charge in [-0.3, -0.25) is 0 Å². The Kier molecular flexibility index (Phi) is 3.78. The highest BCUT2D eigenvalue weighted by Gasteiger charge is 2.04. The van der Waals surface area contributed by atoms with E-state index in [9.17, 15) is 0 Å². The van der Waals surface area contributed by atoms with Crippen LogP contribution in [0.4, 0.5) is 0 Å². The summed E-state index contributed by atoms with van der Waals surface area (Å²) in [6, 6.07) is 3.90. The van der Waals surface area contributed by atoms with Gasteiger partial charge in [-0.2, -0.15) is 0 Å². The molecule has 0 amide bonds. The van der Waals surface area contributed by atoms with Crippen LogP contribution < -0.4 is 10.5 Å². The topological polar surface area (TPSA) is 35.2 Å². The van der Waals surface area contributed by atoms with Crippen LogP contribution >= 0.6 is 11.6 Å². The average molecular weight is 214 g/mol. The largest absolute Gasteiger partial charge is 0.492 e. The molecule has 3 heteroatoms. The third kappa shape index (κ3) is 2.89. The molecule has 0 aliphatic carbocycles. The summed E-state index contributed by atoms with van der Waals surface area (Å²) >= 11 is 6.03. The molecule has 0 fully saturated rings. The molecule has 1 aromatic carbocycles. The lowest BCUT2D eigenvalue weighted by atomic mass is 10.1. The highest BCUT2D eigenvalue weighted by molar-refractivity contribution is 6.32. The summed E-state index contributed by atoms with van der Waals surface area (Å²) in [5.74, 6) is 0.835. The molecule has 0 radical (unpaired) electrons. The van der Waals surface area contributed by atoms with Gasteiger partial charge in [0, 0.05) is 11.1 Å². The highest BCUT2D eigenvalue weighted by Crippen LogP contribution is 2.25. The van der Waals surface area contributed by atoms with Crippen molar-refractivity contribution in [1.82, 2.24) is 0 Å². The lowest BCUT2D eigenvalue weighted by molar-refractivity contribution is 0.296. The summed E-state index contributed by atoms with van der Waals surface area (Å²) in [4.78, 5) is 0. The SMILES string of the molecule is Cc1cc(OC[C@@H](C)N)cc(C)c1Cl. The molecule has 0 heterocycles. The van der Waals surface area contributed by atoms with Gasteiger partial charge in [0.2, 0.25) is 0 Å². The quantitative estimate of drug-likeness (QED) is 0.838. The molecular formula is C11H16ClNO. The second-order valence-electron chi connectivity index (χ2n) is 3.66. The predicted molar refractivity (Wildman–Crippen MR) is 60.1 cm³/mol. The molecule has 2 nitrogen and oxygen atoms in total. The summed E-state index contributed by atoms with van der Waals surface area (Å²) in [7, 11) is 0. The van der Waals surface area contributed by atoms with E-state index >= 15 is 0 Å². The molecule has 0 aromatic heterocycles. The zero-order valence-electron chi connectivity index (χ0n) is 8.80. The Hall–Kier alpha value is -0.730. The van der Waals surface area contributed by atoms with Gasteiger partial charge in [0.15, 0.2) is 0 Å². The minimum Gasteiger partial charge on any atom is -0.492 e. The molecule has 0 spiro atoms. The zero-order valence-corrected chi connectivity index (χ0v) is 9.56. The second kappa shape index (κ2) is 4.67. The van der Waals surface area contributed by atoms with Crippen molar-refractivity contribution in [3.05, 3.63) is 28.3 Å². The molecule has 0 aliphatic rings. The van der Waals surface area contributed by atoms with E-state index in [0.717, 1.165) is 21.9 Å². The van der Waals surface area contributed by atoms with Crippen molar-refractivity contribution in [2.24, 2.45) is 5.73 Å². The molecule has 0 saturated carbocycles. The number of rotatable bonds is 3. The van der Waals surface area contributed by atoms with Crippen molar-refractivity contribution in [3.63, 3.8) is 0 Å². The van der Waals surface area contributed by atoms with Gasteiger partial charge in [-0.1, -0.05) is 11.6 Å². The zero-order chi connectivity index (χ0) is 10.7. The lowest BCUT2D eigenvalue weighted by Gasteiger charge is -2.11. The van der Waals surface area contributed by atoms with Crippen LogP contribution in [0.25, 0.3) is 0 Å². The van der Waals surface area contributed by atoms with Crippen molar-refractivity contribution in [3.8, 4) is 5.75 Å². The van der Waals surface area contributed by atoms with Crippen LogP contribution in [-0.4, -0.2) is 12.6 Å². The van der Waals surface area contributed by atoms with Crippen molar-refractivity contribution in [2.75, 3.05) is 6.61 Å². The Bertz CT molecular complexity index is 300. The Morgan fingerprint density at radius 1 is 1.36 bits per heavy atom. The van der Waals surface area contributed by atoms with Crippen LogP contribution in [0.3, 0.4) is 0 Å². The fourth-order valence-electron chi connectivity index (χ4n) is 1.22. The van der Waals surface area contributed by atoms with Crippen molar-refractivity contribution in [2.45, 2.75) is 26.8 Å². The first-order chi connectivity index (χ1) is 6.50. The number of halogens is 1. The maximum absolute atomic E-state index is 6.03. The number of hydrogen-bond acceptors (Lipinski definition) is 2. The summed E-state index contributed by atoms with van der Waals surface area (Å²) in [5, 5.41) is 0.804. The van der Waals surface area contributed by atoms with Gasteiger partial charge in [0.1, 0.15) is 12.4 Å². The standard InChI is InChI=1S/C11H16ClNO/c1-7-4-10(14-6-9(3)13)5-8(2)11(7)12/h4-5,9H,6,13H2,1-3H3/t9-/m1/s1. The van der Waals surface area contributed by atoms with Crippen LogP contribution in [0.2, 0.25) is 5.02 Å². The van der Waals surface area contributed by atoms with E-state index in [-0.39, 0.29) is 6.04 Å². The van der Waals surface area contributed by atoms with E-state index in [1.54, 1.807) is 0 Å². The van der Waals surface area contributed by atoms with Gasteiger partial charge in [0.25, 0.3) is 0 Å². The maximum atomic E-state index is 6.03. The summed E-state index contributed by atoms with van der Waals surface area (Å²) in [6.07, 6.45) is 0. The normalized spacial score (nSPS) is 12.6. The summed E-state index contributed by atoms with van der Waals surface area (Å²) in [6.45, 7) is 6.37. The fraction of sp³-hybridized carbons (Fsp3) is 0.455. The fourth-order valence-corrected chi connectivity index (χ4v) is 1.33. The van der Waals surface area contributed by atoms with Gasteiger partial charge in [0.05, 0.1) is 0 Å². The van der Waals surface area contributed by atoms with E-state index < -0.39 is 0 Å². The maximum Gasteiger partial charge on any atom is 0.120 e. The van der Waals surface area contributed by atoms with Gasteiger partial charge in [-0.05, 0) is 44.0 Å². The number of benzene rings is 1. The van der Waals surface area contributed by atoms with Crippen molar-refractivity contribution >= 4 is 11.6 Å². The molecule has 14 heavy (non-hydrogen) atoms. The molecule has 0 unspecified atom stereocenters. The molecule has 2 N–H and O–H groups in total. The van der Waals surface area contributed by atoms with E-state index in [1.807, 2.05) is 32.9 Å². The van der Waals surface area contributed by atoms with Crippen molar-refractivity contribution in [1.29, 1.82) is 0 Å². The molecule has 78 valence electrons. The smallest absolute Gasteiger partial charge is 0.120 e. The first kappa shape index (κ1) is 11.3. The summed E-state index contributed by atoms with van der Waals surface area (Å²) in [5.41, 5.74) is 7.66. The summed E-state index contributed by atoms with van der Waals surface area (Å²) < 4.78 is 5.50.